The molecule has 0 aliphatic carbocycles. The number of hydrogen-bond donors (Lipinski definition) is 2. The molecule has 128 valence electrons. The Bertz CT molecular complexity index is 1230. The fourth-order valence-electron chi connectivity index (χ4n) is 2.76. The van der Waals surface area contributed by atoms with Crippen LogP contribution < -0.4 is 5.32 Å². The summed E-state index contributed by atoms with van der Waals surface area (Å²) in [6.45, 7) is 1.61. The molecule has 3 aromatic heterocycles. The Balaban J connectivity index is 1.99. The van der Waals surface area contributed by atoms with Gasteiger partial charge in [-0.15, -0.1) is 5.92 Å². The van der Waals surface area contributed by atoms with E-state index in [4.69, 9.17) is 11.6 Å². The molecule has 3 heterocycles. The lowest BCUT2D eigenvalue weighted by Crippen LogP contribution is -1.96. The van der Waals surface area contributed by atoms with E-state index in [9.17, 15) is 9.18 Å². The topological polar surface area (TPSA) is 88.0 Å². The zero-order valence-electron chi connectivity index (χ0n) is 13.3. The highest BCUT2D eigenvalue weighted by Crippen LogP contribution is 2.38. The average Bonchev–Trinajstić information content (AvgIpc) is 3.25. The molecule has 9 heteroatoms. The van der Waals surface area contributed by atoms with Crippen LogP contribution in [0.25, 0.3) is 27.8 Å². The van der Waals surface area contributed by atoms with Gasteiger partial charge in [0.15, 0.2) is 17.3 Å². The number of halogens is 2. The van der Waals surface area contributed by atoms with Crippen molar-refractivity contribution in [2.24, 2.45) is 0 Å². The summed E-state index contributed by atoms with van der Waals surface area (Å²) in [5.74, 6) is 5.12. The minimum atomic E-state index is -0.636. The molecule has 0 bridgehead atoms. The SMILES string of the molecule is CC#Cc1c(F)c(Cl)c(-c2cn3cc(NC=O)nc3cn2)c2cn[nH]c12. The van der Waals surface area contributed by atoms with Gasteiger partial charge in [-0.05, 0) is 6.92 Å². The Morgan fingerprint density at radius 1 is 1.38 bits per heavy atom. The molecule has 4 aromatic rings. The van der Waals surface area contributed by atoms with Crippen LogP contribution in [0, 0.1) is 17.7 Å². The molecule has 2 N–H and O–H groups in total. The number of carbonyl (C=O) groups excluding carboxylic acids is 1. The van der Waals surface area contributed by atoms with Gasteiger partial charge in [-0.3, -0.25) is 14.9 Å². The van der Waals surface area contributed by atoms with E-state index in [0.29, 0.717) is 40.0 Å². The number of aromatic amines is 1. The van der Waals surface area contributed by atoms with Gasteiger partial charge in [0.1, 0.15) is 0 Å². The van der Waals surface area contributed by atoms with Crippen molar-refractivity contribution in [2.75, 3.05) is 5.32 Å². The van der Waals surface area contributed by atoms with Crippen LogP contribution in [0.1, 0.15) is 12.5 Å². The van der Waals surface area contributed by atoms with Gasteiger partial charge < -0.3 is 9.72 Å². The van der Waals surface area contributed by atoms with Crippen molar-refractivity contribution in [3.8, 4) is 23.1 Å². The molecule has 4 rings (SSSR count). The van der Waals surface area contributed by atoms with Gasteiger partial charge in [-0.1, -0.05) is 17.5 Å². The molecule has 1 amide bonds. The summed E-state index contributed by atoms with van der Waals surface area (Å²) in [6.07, 6.45) is 6.85. The number of imidazole rings is 1. The number of fused-ring (bicyclic) bond motifs is 2. The molecule has 0 radical (unpaired) electrons. The van der Waals surface area contributed by atoms with Crippen LogP contribution in [-0.2, 0) is 4.79 Å². The molecule has 0 atom stereocenters. The fourth-order valence-corrected chi connectivity index (χ4v) is 3.06. The maximum absolute atomic E-state index is 14.8. The largest absolute Gasteiger partial charge is 0.312 e. The van der Waals surface area contributed by atoms with Crippen LogP contribution in [0.5, 0.6) is 0 Å². The molecule has 0 aliphatic heterocycles. The third-order valence-electron chi connectivity index (χ3n) is 3.84. The van der Waals surface area contributed by atoms with E-state index in [1.807, 2.05) is 0 Å². The zero-order chi connectivity index (χ0) is 18.3. The molecule has 26 heavy (non-hydrogen) atoms. The van der Waals surface area contributed by atoms with E-state index < -0.39 is 5.82 Å². The summed E-state index contributed by atoms with van der Waals surface area (Å²) in [6, 6.07) is 0. The molecule has 0 saturated carbocycles. The first-order chi connectivity index (χ1) is 12.6. The molecule has 0 saturated heterocycles. The Morgan fingerprint density at radius 3 is 3.00 bits per heavy atom. The lowest BCUT2D eigenvalue weighted by atomic mass is 10.0. The molecule has 0 spiro atoms. The number of rotatable bonds is 3. The van der Waals surface area contributed by atoms with Crippen molar-refractivity contribution < 1.29 is 9.18 Å². The third-order valence-corrected chi connectivity index (χ3v) is 4.20. The lowest BCUT2D eigenvalue weighted by molar-refractivity contribution is -0.105. The minimum absolute atomic E-state index is 0.0881. The number of nitrogens with one attached hydrogen (secondary N) is 2. The summed E-state index contributed by atoms with van der Waals surface area (Å²) < 4.78 is 16.4. The van der Waals surface area contributed by atoms with Crippen LogP contribution in [-0.4, -0.2) is 31.0 Å². The second-order valence-electron chi connectivity index (χ2n) is 5.34. The second kappa shape index (κ2) is 6.13. The van der Waals surface area contributed by atoms with Crippen molar-refractivity contribution in [3.05, 3.63) is 41.2 Å². The first-order valence-electron chi connectivity index (χ1n) is 7.46. The molecule has 0 fully saturated rings. The van der Waals surface area contributed by atoms with Gasteiger partial charge in [0, 0.05) is 17.1 Å². The number of H-pyrrole nitrogens is 1. The Labute approximate surface area is 151 Å². The zero-order valence-corrected chi connectivity index (χ0v) is 14.1. The molecule has 0 aliphatic rings. The summed E-state index contributed by atoms with van der Waals surface area (Å²) in [7, 11) is 0. The van der Waals surface area contributed by atoms with Crippen molar-refractivity contribution in [1.82, 2.24) is 24.6 Å². The van der Waals surface area contributed by atoms with Crippen LogP contribution in [0.3, 0.4) is 0 Å². The van der Waals surface area contributed by atoms with E-state index in [1.165, 1.54) is 6.20 Å². The third kappa shape index (κ3) is 2.37. The summed E-state index contributed by atoms with van der Waals surface area (Å²) in [4.78, 5) is 19.1. The summed E-state index contributed by atoms with van der Waals surface area (Å²) in [5.41, 5.74) is 1.96. The van der Waals surface area contributed by atoms with E-state index in [-0.39, 0.29) is 10.6 Å². The van der Waals surface area contributed by atoms with Crippen LogP contribution in [0.15, 0.2) is 24.8 Å². The number of anilines is 1. The molecular formula is C17H10ClFN6O. The van der Waals surface area contributed by atoms with E-state index in [1.54, 1.807) is 29.9 Å². The van der Waals surface area contributed by atoms with Gasteiger partial charge in [0.25, 0.3) is 0 Å². The predicted molar refractivity (Wildman–Crippen MR) is 95.3 cm³/mol. The monoisotopic (exact) mass is 368 g/mol. The molecule has 0 unspecified atom stereocenters. The number of benzene rings is 1. The van der Waals surface area contributed by atoms with Crippen molar-refractivity contribution in [2.45, 2.75) is 6.92 Å². The highest BCUT2D eigenvalue weighted by atomic mass is 35.5. The van der Waals surface area contributed by atoms with Gasteiger partial charge >= 0.3 is 0 Å². The number of aromatic nitrogens is 5. The van der Waals surface area contributed by atoms with Gasteiger partial charge in [0.05, 0.1) is 40.4 Å². The summed E-state index contributed by atoms with van der Waals surface area (Å²) in [5, 5.41) is 9.73. The normalized spacial score (nSPS) is 10.7. The van der Waals surface area contributed by atoms with Gasteiger partial charge in [0.2, 0.25) is 6.41 Å². The quantitative estimate of drug-likeness (QED) is 0.430. The first kappa shape index (κ1) is 16.1. The predicted octanol–water partition coefficient (Wildman–Crippen LogP) is 3.00. The highest BCUT2D eigenvalue weighted by molar-refractivity contribution is 6.35. The number of hydrogen-bond acceptors (Lipinski definition) is 4. The number of amides is 1. The van der Waals surface area contributed by atoms with E-state index in [2.05, 4.69) is 37.3 Å². The second-order valence-corrected chi connectivity index (χ2v) is 5.72. The average molecular weight is 369 g/mol. The van der Waals surface area contributed by atoms with Gasteiger partial charge in [-0.2, -0.15) is 5.10 Å². The number of nitrogens with zero attached hydrogens (tertiary/aromatic N) is 4. The van der Waals surface area contributed by atoms with Crippen LogP contribution >= 0.6 is 11.6 Å². The minimum Gasteiger partial charge on any atom is -0.312 e. The lowest BCUT2D eigenvalue weighted by Gasteiger charge is -2.09. The smallest absolute Gasteiger partial charge is 0.212 e. The van der Waals surface area contributed by atoms with Crippen molar-refractivity contribution >= 4 is 40.4 Å². The van der Waals surface area contributed by atoms with E-state index in [0.717, 1.165) is 0 Å². The fraction of sp³-hybridized carbons (Fsp3) is 0.0588. The number of carbonyl (C=O) groups is 1. The van der Waals surface area contributed by atoms with Crippen molar-refractivity contribution in [3.63, 3.8) is 0 Å². The Morgan fingerprint density at radius 2 is 2.23 bits per heavy atom. The maximum atomic E-state index is 14.8. The molecular weight excluding hydrogens is 359 g/mol. The van der Waals surface area contributed by atoms with Crippen LogP contribution in [0.2, 0.25) is 5.02 Å². The Hall–Kier alpha value is -3.44. The Kier molecular flexibility index (Phi) is 3.78. The standard InChI is InChI=1S/C17H10ClFN6O/c1-2-3-9-16(19)15(18)14(10-4-22-24-17(9)10)11-6-25-7-12(21-8-26)23-13(25)5-20-11/h4-8H,1H3,(H,21,26)(H,22,24). The van der Waals surface area contributed by atoms with Gasteiger partial charge in [-0.25, -0.2) is 9.37 Å². The highest BCUT2D eigenvalue weighted by Gasteiger charge is 2.21. The maximum Gasteiger partial charge on any atom is 0.212 e. The van der Waals surface area contributed by atoms with E-state index >= 15 is 0 Å². The van der Waals surface area contributed by atoms with Crippen molar-refractivity contribution in [1.29, 1.82) is 0 Å². The summed E-state index contributed by atoms with van der Waals surface area (Å²) >= 11 is 6.30. The molecule has 1 aromatic carbocycles. The van der Waals surface area contributed by atoms with Crippen LogP contribution in [0.4, 0.5) is 10.2 Å². The first-order valence-corrected chi connectivity index (χ1v) is 7.84. The molecule has 7 nitrogen and oxygen atoms in total.